The number of fused-ring (bicyclic) bond motifs is 1. The largest absolute Gasteiger partial charge is 0.480 e. The van der Waals surface area contributed by atoms with E-state index in [9.17, 15) is 19.5 Å². The zero-order chi connectivity index (χ0) is 21.3. The number of rotatable bonds is 7. The zero-order valence-corrected chi connectivity index (χ0v) is 17.3. The summed E-state index contributed by atoms with van der Waals surface area (Å²) < 4.78 is -0.735. The van der Waals surface area contributed by atoms with Crippen LogP contribution in [0.3, 0.4) is 0 Å². The first-order valence-electron chi connectivity index (χ1n) is 9.74. The Bertz CT molecular complexity index is 955. The number of nitrogens with zero attached hydrogens (tertiary/aromatic N) is 1. The predicted molar refractivity (Wildman–Crippen MR) is 115 cm³/mol. The highest BCUT2D eigenvalue weighted by Crippen LogP contribution is 2.51. The number of carbonyl (C=O) groups is 3. The Morgan fingerprint density at radius 3 is 2.37 bits per heavy atom. The van der Waals surface area contributed by atoms with Gasteiger partial charge < -0.3 is 20.6 Å². The molecule has 30 heavy (non-hydrogen) atoms. The van der Waals surface area contributed by atoms with Gasteiger partial charge in [0.2, 0.25) is 11.8 Å². The molecule has 8 heteroatoms. The van der Waals surface area contributed by atoms with Crippen LogP contribution in [0.15, 0.2) is 60.7 Å². The van der Waals surface area contributed by atoms with Crippen LogP contribution in [-0.2, 0) is 20.8 Å². The number of anilines is 1. The second-order valence-electron chi connectivity index (χ2n) is 7.73. The SMILES string of the molecule is CC1(CNc2ccccc2)S[C@@H]2C(NC(=O)Cc3ccccc3)C(=O)N2C1C(=O)O. The first-order chi connectivity index (χ1) is 14.4. The number of carboxylic acids is 1. The Morgan fingerprint density at radius 1 is 1.10 bits per heavy atom. The van der Waals surface area contributed by atoms with E-state index in [1.54, 1.807) is 0 Å². The van der Waals surface area contributed by atoms with Crippen molar-refractivity contribution in [2.45, 2.75) is 35.5 Å². The first kappa shape index (κ1) is 20.3. The fraction of sp³-hybridized carbons (Fsp3) is 0.318. The molecule has 2 fully saturated rings. The van der Waals surface area contributed by atoms with Gasteiger partial charge in [-0.3, -0.25) is 9.59 Å². The molecule has 2 aromatic carbocycles. The van der Waals surface area contributed by atoms with E-state index in [2.05, 4.69) is 10.6 Å². The normalized spacial score (nSPS) is 27.2. The van der Waals surface area contributed by atoms with Crippen molar-refractivity contribution in [1.29, 1.82) is 0 Å². The predicted octanol–water partition coefficient (Wildman–Crippen LogP) is 1.95. The Labute approximate surface area is 178 Å². The molecular formula is C22H23N3O4S. The summed E-state index contributed by atoms with van der Waals surface area (Å²) >= 11 is 1.43. The van der Waals surface area contributed by atoms with Gasteiger partial charge in [-0.1, -0.05) is 48.5 Å². The summed E-state index contributed by atoms with van der Waals surface area (Å²) in [6.07, 6.45) is 0.178. The summed E-state index contributed by atoms with van der Waals surface area (Å²) in [4.78, 5) is 38.5. The Balaban J connectivity index is 1.44. The number of carboxylic acid groups (broad SMARTS) is 1. The molecule has 3 unspecified atom stereocenters. The van der Waals surface area contributed by atoms with E-state index in [0.29, 0.717) is 6.54 Å². The van der Waals surface area contributed by atoms with Gasteiger partial charge in [-0.05, 0) is 24.6 Å². The van der Waals surface area contributed by atoms with Crippen LogP contribution in [0.1, 0.15) is 12.5 Å². The van der Waals surface area contributed by atoms with Crippen molar-refractivity contribution in [3.05, 3.63) is 66.2 Å². The molecule has 2 heterocycles. The van der Waals surface area contributed by atoms with Gasteiger partial charge in [-0.15, -0.1) is 11.8 Å². The fourth-order valence-electron chi connectivity index (χ4n) is 4.01. The molecule has 4 rings (SSSR count). The van der Waals surface area contributed by atoms with Gasteiger partial charge in [-0.2, -0.15) is 0 Å². The standard InChI is InChI=1S/C22H23N3O4S/c1-22(13-23-15-10-6-3-7-11-15)18(21(28)29)25-19(27)17(20(25)30-22)24-16(26)12-14-8-4-2-5-9-14/h2-11,17-18,20,23H,12-13H2,1H3,(H,24,26)(H,28,29)/t17?,18?,20-,22?/m1/s1. The third-order valence-corrected chi connectivity index (χ3v) is 7.15. The molecule has 0 radical (unpaired) electrons. The summed E-state index contributed by atoms with van der Waals surface area (Å²) in [6.45, 7) is 2.23. The molecule has 3 N–H and O–H groups in total. The van der Waals surface area contributed by atoms with E-state index in [4.69, 9.17) is 0 Å². The molecule has 4 atom stereocenters. The number of amides is 2. The third-order valence-electron chi connectivity index (χ3n) is 5.50. The van der Waals surface area contributed by atoms with Crippen molar-refractivity contribution in [2.24, 2.45) is 0 Å². The minimum absolute atomic E-state index is 0.178. The van der Waals surface area contributed by atoms with E-state index >= 15 is 0 Å². The van der Waals surface area contributed by atoms with Crippen LogP contribution >= 0.6 is 11.8 Å². The van der Waals surface area contributed by atoms with Gasteiger partial charge >= 0.3 is 5.97 Å². The fourth-order valence-corrected chi connectivity index (χ4v) is 5.72. The third kappa shape index (κ3) is 3.75. The van der Waals surface area contributed by atoms with Crippen LogP contribution < -0.4 is 10.6 Å². The number of para-hydroxylation sites is 1. The van der Waals surface area contributed by atoms with Crippen LogP contribution in [0.2, 0.25) is 0 Å². The zero-order valence-electron chi connectivity index (χ0n) is 16.4. The molecule has 2 aromatic rings. The summed E-state index contributed by atoms with van der Waals surface area (Å²) in [5, 5.41) is 15.5. The summed E-state index contributed by atoms with van der Waals surface area (Å²) in [5.74, 6) is -1.63. The molecule has 2 aliphatic heterocycles. The van der Waals surface area contributed by atoms with E-state index < -0.39 is 22.8 Å². The molecule has 7 nitrogen and oxygen atoms in total. The summed E-state index contributed by atoms with van der Waals surface area (Å²) in [5.41, 5.74) is 1.75. The molecule has 156 valence electrons. The lowest BCUT2D eigenvalue weighted by atomic mass is 9.94. The van der Waals surface area contributed by atoms with Crippen LogP contribution in [0.4, 0.5) is 5.69 Å². The Hall–Kier alpha value is -3.00. The maximum absolute atomic E-state index is 12.7. The number of aliphatic carboxylic acids is 1. The van der Waals surface area contributed by atoms with Gasteiger partial charge in [0.25, 0.3) is 0 Å². The molecule has 0 spiro atoms. The molecular weight excluding hydrogens is 402 g/mol. The van der Waals surface area contributed by atoms with Gasteiger partial charge in [0, 0.05) is 12.2 Å². The number of hydrogen-bond donors (Lipinski definition) is 3. The minimum atomic E-state index is -1.04. The van der Waals surface area contributed by atoms with E-state index in [1.165, 1.54) is 16.7 Å². The highest BCUT2D eigenvalue weighted by atomic mass is 32.2. The molecule has 0 saturated carbocycles. The lowest BCUT2D eigenvalue weighted by molar-refractivity contribution is -0.161. The minimum Gasteiger partial charge on any atom is -0.480 e. The summed E-state index contributed by atoms with van der Waals surface area (Å²) in [7, 11) is 0. The van der Waals surface area contributed by atoms with Gasteiger partial charge in [0.05, 0.1) is 11.2 Å². The van der Waals surface area contributed by atoms with Crippen molar-refractivity contribution in [2.75, 3.05) is 11.9 Å². The highest BCUT2D eigenvalue weighted by Gasteiger charge is 2.65. The lowest BCUT2D eigenvalue weighted by Gasteiger charge is -2.43. The van der Waals surface area contributed by atoms with Crippen LogP contribution in [-0.4, -0.2) is 56.5 Å². The lowest BCUT2D eigenvalue weighted by Crippen LogP contribution is -2.71. The Kier molecular flexibility index (Phi) is 5.42. The van der Waals surface area contributed by atoms with Crippen LogP contribution in [0.25, 0.3) is 0 Å². The average Bonchev–Trinajstić information content (AvgIpc) is 3.02. The molecule has 2 aliphatic rings. The van der Waals surface area contributed by atoms with E-state index in [0.717, 1.165) is 11.3 Å². The highest BCUT2D eigenvalue weighted by molar-refractivity contribution is 8.01. The average molecular weight is 426 g/mol. The number of nitrogens with one attached hydrogen (secondary N) is 2. The van der Waals surface area contributed by atoms with Crippen molar-refractivity contribution < 1.29 is 19.5 Å². The molecule has 0 bridgehead atoms. The molecule has 2 saturated heterocycles. The van der Waals surface area contributed by atoms with Gasteiger partial charge in [-0.25, -0.2) is 4.79 Å². The number of thioether (sulfide) groups is 1. The van der Waals surface area contributed by atoms with Gasteiger partial charge in [0.1, 0.15) is 17.5 Å². The second kappa shape index (κ2) is 8.02. The van der Waals surface area contributed by atoms with Crippen molar-refractivity contribution in [3.8, 4) is 0 Å². The first-order valence-corrected chi connectivity index (χ1v) is 10.6. The van der Waals surface area contributed by atoms with Crippen molar-refractivity contribution in [1.82, 2.24) is 10.2 Å². The monoisotopic (exact) mass is 425 g/mol. The quantitative estimate of drug-likeness (QED) is 0.587. The maximum Gasteiger partial charge on any atom is 0.327 e. The number of carbonyl (C=O) groups excluding carboxylic acids is 2. The van der Waals surface area contributed by atoms with Crippen molar-refractivity contribution in [3.63, 3.8) is 0 Å². The Morgan fingerprint density at radius 2 is 1.73 bits per heavy atom. The maximum atomic E-state index is 12.7. The topological polar surface area (TPSA) is 98.7 Å². The molecule has 0 aliphatic carbocycles. The molecule has 0 aromatic heterocycles. The number of β-lactam (4-membered cyclic amide) rings is 1. The van der Waals surface area contributed by atoms with Gasteiger partial charge in [0.15, 0.2) is 0 Å². The smallest absolute Gasteiger partial charge is 0.327 e. The van der Waals surface area contributed by atoms with Crippen molar-refractivity contribution >= 4 is 35.2 Å². The van der Waals surface area contributed by atoms with Crippen LogP contribution in [0, 0.1) is 0 Å². The number of benzene rings is 2. The molecule has 2 amide bonds. The van der Waals surface area contributed by atoms with E-state index in [1.807, 2.05) is 67.6 Å². The second-order valence-corrected chi connectivity index (χ2v) is 9.39. The summed E-state index contributed by atoms with van der Waals surface area (Å²) in [6, 6.07) is 17.2. The van der Waals surface area contributed by atoms with E-state index in [-0.39, 0.29) is 23.6 Å². The van der Waals surface area contributed by atoms with Crippen LogP contribution in [0.5, 0.6) is 0 Å². The number of hydrogen-bond acceptors (Lipinski definition) is 5.